The number of anilines is 1. The Kier molecular flexibility index (Phi) is 5.99. The lowest BCUT2D eigenvalue weighted by Crippen LogP contribution is -2.34. The van der Waals surface area contributed by atoms with Crippen molar-refractivity contribution in [2.24, 2.45) is 0 Å². The molecule has 1 aromatic carbocycles. The topological polar surface area (TPSA) is 94.0 Å². The Hall–Kier alpha value is -2.07. The molecule has 1 amide bonds. The van der Waals surface area contributed by atoms with Crippen LogP contribution < -0.4 is 15.4 Å². The Morgan fingerprint density at radius 3 is 2.91 bits per heavy atom. The molecule has 1 aromatic heterocycles. The summed E-state index contributed by atoms with van der Waals surface area (Å²) >= 11 is 8.40. The maximum absolute atomic E-state index is 12.1. The summed E-state index contributed by atoms with van der Waals surface area (Å²) in [5.74, 6) is 0.519. The summed E-state index contributed by atoms with van der Waals surface area (Å²) in [6.45, 7) is 2.67. The second kappa shape index (κ2) is 7.97. The van der Waals surface area contributed by atoms with Crippen LogP contribution in [0.2, 0.25) is 0 Å². The van der Waals surface area contributed by atoms with Crippen LogP contribution in [0.25, 0.3) is 0 Å². The Morgan fingerprint density at radius 2 is 2.26 bits per heavy atom. The molecule has 0 aliphatic heterocycles. The Morgan fingerprint density at radius 1 is 1.48 bits per heavy atom. The molecule has 0 radical (unpaired) electrons. The first-order chi connectivity index (χ1) is 11.0. The van der Waals surface area contributed by atoms with E-state index >= 15 is 0 Å². The van der Waals surface area contributed by atoms with Crippen LogP contribution in [-0.2, 0) is 6.54 Å². The second-order valence-electron chi connectivity index (χ2n) is 4.47. The van der Waals surface area contributed by atoms with Gasteiger partial charge in [-0.25, -0.2) is 0 Å². The van der Waals surface area contributed by atoms with E-state index in [9.17, 15) is 4.79 Å². The quantitative estimate of drug-likeness (QED) is 0.743. The summed E-state index contributed by atoms with van der Waals surface area (Å²) in [6, 6.07) is 4.97. The molecule has 0 saturated carbocycles. The highest BCUT2D eigenvalue weighted by atomic mass is 79.9. The highest BCUT2D eigenvalue weighted by Crippen LogP contribution is 2.25. The van der Waals surface area contributed by atoms with Crippen molar-refractivity contribution in [3.05, 3.63) is 28.2 Å². The van der Waals surface area contributed by atoms with E-state index in [1.54, 1.807) is 25.3 Å². The normalized spacial score (nSPS) is 10.2. The summed E-state index contributed by atoms with van der Waals surface area (Å²) in [7, 11) is 1.55. The van der Waals surface area contributed by atoms with Gasteiger partial charge in [0.1, 0.15) is 5.75 Å². The molecule has 0 spiro atoms. The highest BCUT2D eigenvalue weighted by Gasteiger charge is 2.12. The van der Waals surface area contributed by atoms with Gasteiger partial charge < -0.3 is 4.74 Å². The molecule has 0 saturated heterocycles. The number of halogens is 1. The van der Waals surface area contributed by atoms with E-state index in [4.69, 9.17) is 17.0 Å². The first-order valence-electron chi connectivity index (χ1n) is 6.77. The van der Waals surface area contributed by atoms with Crippen molar-refractivity contribution < 1.29 is 9.53 Å². The number of rotatable bonds is 5. The number of tetrazole rings is 1. The third kappa shape index (κ3) is 4.70. The van der Waals surface area contributed by atoms with Gasteiger partial charge in [0.25, 0.3) is 11.9 Å². The van der Waals surface area contributed by atoms with Gasteiger partial charge in [-0.05, 0) is 58.0 Å². The number of carbonyl (C=O) groups excluding carboxylic acids is 1. The fraction of sp³-hybridized carbons (Fsp3) is 0.308. The van der Waals surface area contributed by atoms with E-state index in [0.717, 1.165) is 6.42 Å². The fourth-order valence-electron chi connectivity index (χ4n) is 1.70. The largest absolute Gasteiger partial charge is 0.496 e. The van der Waals surface area contributed by atoms with Crippen molar-refractivity contribution >= 4 is 45.1 Å². The molecule has 0 bridgehead atoms. The van der Waals surface area contributed by atoms with Crippen molar-refractivity contribution in [1.29, 1.82) is 0 Å². The predicted octanol–water partition coefficient (Wildman–Crippen LogP) is 1.98. The maximum atomic E-state index is 12.1. The number of nitrogens with one attached hydrogen (secondary N) is 2. The SMILES string of the molecule is CCCn1nnc(NC(=S)NC(=O)c2ccc(OC)c(Br)c2)n1. The summed E-state index contributed by atoms with van der Waals surface area (Å²) in [4.78, 5) is 13.6. The van der Waals surface area contributed by atoms with E-state index in [0.29, 0.717) is 22.3 Å². The average Bonchev–Trinajstić information content (AvgIpc) is 2.94. The van der Waals surface area contributed by atoms with E-state index in [1.807, 2.05) is 6.92 Å². The monoisotopic (exact) mass is 398 g/mol. The van der Waals surface area contributed by atoms with Crippen LogP contribution in [0.5, 0.6) is 5.75 Å². The zero-order valence-corrected chi connectivity index (χ0v) is 14.9. The standard InChI is InChI=1S/C13H15BrN6O2S/c1-3-6-20-18-12(17-19-20)16-13(23)15-11(21)8-4-5-10(22-2)9(14)7-8/h4-5,7H,3,6H2,1-2H3,(H2,15,16,18,21,23). The molecule has 2 rings (SSSR count). The summed E-state index contributed by atoms with van der Waals surface area (Å²) in [5.41, 5.74) is 0.435. The van der Waals surface area contributed by atoms with Crippen LogP contribution in [0.15, 0.2) is 22.7 Å². The van der Waals surface area contributed by atoms with Gasteiger partial charge in [0.05, 0.1) is 18.1 Å². The first kappa shape index (κ1) is 17.3. The Bertz CT molecular complexity index is 720. The van der Waals surface area contributed by atoms with Crippen molar-refractivity contribution in [2.75, 3.05) is 12.4 Å². The molecule has 0 fully saturated rings. The van der Waals surface area contributed by atoms with Crippen molar-refractivity contribution in [3.63, 3.8) is 0 Å². The van der Waals surface area contributed by atoms with E-state index in [1.165, 1.54) is 4.80 Å². The third-order valence-electron chi connectivity index (χ3n) is 2.74. The molecule has 2 aromatic rings. The van der Waals surface area contributed by atoms with Gasteiger partial charge in [0.15, 0.2) is 5.11 Å². The number of amides is 1. The van der Waals surface area contributed by atoms with Crippen LogP contribution in [0.3, 0.4) is 0 Å². The van der Waals surface area contributed by atoms with Crippen LogP contribution in [0, 0.1) is 0 Å². The van der Waals surface area contributed by atoms with Crippen LogP contribution in [0.1, 0.15) is 23.7 Å². The zero-order valence-electron chi connectivity index (χ0n) is 12.5. The van der Waals surface area contributed by atoms with Gasteiger partial charge >= 0.3 is 0 Å². The van der Waals surface area contributed by atoms with Gasteiger partial charge in [-0.15, -0.1) is 5.10 Å². The number of methoxy groups -OCH3 is 1. The Balaban J connectivity index is 1.96. The Labute approximate surface area is 146 Å². The van der Waals surface area contributed by atoms with Crippen LogP contribution >= 0.6 is 28.1 Å². The second-order valence-corrected chi connectivity index (χ2v) is 5.73. The van der Waals surface area contributed by atoms with Gasteiger partial charge in [-0.2, -0.15) is 4.80 Å². The molecule has 1 heterocycles. The lowest BCUT2D eigenvalue weighted by molar-refractivity contribution is 0.0977. The summed E-state index contributed by atoms with van der Waals surface area (Å²) in [5, 5.41) is 17.1. The van der Waals surface area contributed by atoms with Gasteiger partial charge in [-0.3, -0.25) is 15.4 Å². The van der Waals surface area contributed by atoms with Crippen molar-refractivity contribution in [2.45, 2.75) is 19.9 Å². The number of aryl methyl sites for hydroxylation is 1. The number of carbonyl (C=O) groups is 1. The number of nitrogens with zero attached hydrogens (tertiary/aromatic N) is 4. The van der Waals surface area contributed by atoms with Crippen molar-refractivity contribution in [3.8, 4) is 5.75 Å². The molecule has 0 atom stereocenters. The lowest BCUT2D eigenvalue weighted by atomic mass is 10.2. The first-order valence-corrected chi connectivity index (χ1v) is 7.97. The maximum Gasteiger partial charge on any atom is 0.269 e. The van der Waals surface area contributed by atoms with E-state index < -0.39 is 0 Å². The molecular weight excluding hydrogens is 384 g/mol. The van der Waals surface area contributed by atoms with Crippen LogP contribution in [0.4, 0.5) is 5.95 Å². The number of aromatic nitrogens is 4. The van der Waals surface area contributed by atoms with Crippen LogP contribution in [-0.4, -0.2) is 38.3 Å². The molecule has 0 aliphatic rings. The number of hydrogen-bond acceptors (Lipinski definition) is 6. The van der Waals surface area contributed by atoms with Gasteiger partial charge in [0, 0.05) is 5.56 Å². The molecular formula is C13H15BrN6O2S. The number of thiocarbonyl (C=S) groups is 1. The van der Waals surface area contributed by atoms with Gasteiger partial charge in [-0.1, -0.05) is 12.0 Å². The fourth-order valence-corrected chi connectivity index (χ4v) is 2.43. The molecule has 0 aliphatic carbocycles. The minimum absolute atomic E-state index is 0.0954. The smallest absolute Gasteiger partial charge is 0.269 e. The average molecular weight is 399 g/mol. The number of ether oxygens (including phenoxy) is 1. The molecule has 0 unspecified atom stereocenters. The van der Waals surface area contributed by atoms with Crippen molar-refractivity contribution in [1.82, 2.24) is 25.5 Å². The summed E-state index contributed by atoms with van der Waals surface area (Å²) in [6.07, 6.45) is 0.892. The number of hydrogen-bond donors (Lipinski definition) is 2. The molecule has 2 N–H and O–H groups in total. The molecule has 10 heteroatoms. The molecule has 23 heavy (non-hydrogen) atoms. The van der Waals surface area contributed by atoms with E-state index in [2.05, 4.69) is 42.0 Å². The number of benzene rings is 1. The third-order valence-corrected chi connectivity index (χ3v) is 3.57. The molecule has 122 valence electrons. The molecule has 8 nitrogen and oxygen atoms in total. The minimum atomic E-state index is -0.355. The van der Waals surface area contributed by atoms with E-state index in [-0.39, 0.29) is 17.0 Å². The van der Waals surface area contributed by atoms with Gasteiger partial charge in [0.2, 0.25) is 0 Å². The lowest BCUT2D eigenvalue weighted by Gasteiger charge is -2.08. The highest BCUT2D eigenvalue weighted by molar-refractivity contribution is 9.10. The predicted molar refractivity (Wildman–Crippen MR) is 92.5 cm³/mol. The minimum Gasteiger partial charge on any atom is -0.496 e. The summed E-state index contributed by atoms with van der Waals surface area (Å²) < 4.78 is 5.80. The zero-order chi connectivity index (χ0) is 16.8.